The van der Waals surface area contributed by atoms with Gasteiger partial charge in [0.15, 0.2) is 0 Å². The summed E-state index contributed by atoms with van der Waals surface area (Å²) < 4.78 is 4.28. The van der Waals surface area contributed by atoms with Crippen LogP contribution in [0, 0.1) is 27.9 Å². The normalized spacial score (nSPS) is 11.3. The molecular formula is C31H33I2N3O6. The van der Waals surface area contributed by atoms with Crippen LogP contribution in [0.25, 0.3) is 0 Å². The van der Waals surface area contributed by atoms with E-state index in [2.05, 4.69) is 6.92 Å². The van der Waals surface area contributed by atoms with Gasteiger partial charge in [-0.3, -0.25) is 0 Å². The first-order valence-electron chi connectivity index (χ1n) is 13.5. The molecule has 0 aliphatic rings. The van der Waals surface area contributed by atoms with E-state index in [4.69, 9.17) is 0 Å². The van der Waals surface area contributed by atoms with Crippen molar-refractivity contribution in [2.45, 2.75) is 66.6 Å². The van der Waals surface area contributed by atoms with Gasteiger partial charge in [-0.15, -0.1) is 0 Å². The molecule has 0 unspecified atom stereocenters. The van der Waals surface area contributed by atoms with Crippen molar-refractivity contribution in [1.82, 2.24) is 13.7 Å². The van der Waals surface area contributed by atoms with Crippen LogP contribution in [0.1, 0.15) is 58.7 Å². The van der Waals surface area contributed by atoms with Crippen LogP contribution in [0.15, 0.2) is 50.8 Å². The molecule has 0 saturated carbocycles. The number of hydrogen-bond acceptors (Lipinski definition) is 6. The summed E-state index contributed by atoms with van der Waals surface area (Å²) in [6, 6.07) is 10.4. The van der Waals surface area contributed by atoms with Crippen LogP contribution in [-0.2, 0) is 26.1 Å². The summed E-state index contributed by atoms with van der Waals surface area (Å²) in [6.07, 6.45) is 2.49. The van der Waals surface area contributed by atoms with Crippen LogP contribution in [0.5, 0.6) is 17.2 Å². The zero-order chi connectivity index (χ0) is 30.9. The topological polar surface area (TPSA) is 127 Å². The molecule has 4 aromatic rings. The van der Waals surface area contributed by atoms with Crippen molar-refractivity contribution in [1.29, 1.82) is 0 Å². The Morgan fingerprint density at radius 3 is 1.31 bits per heavy atom. The SMILES string of the molecule is CCCCc1cc(Cn2c(=O)n(Cc3cc(C)c(O)c(I)c3)c(=O)n(Cc3cc(C)c(O)c(I)c3)c2=O)cc(C)c1O. The van der Waals surface area contributed by atoms with Crippen LogP contribution < -0.4 is 17.1 Å². The molecule has 0 fully saturated rings. The van der Waals surface area contributed by atoms with E-state index in [0.717, 1.165) is 32.1 Å². The number of rotatable bonds is 9. The van der Waals surface area contributed by atoms with E-state index in [-0.39, 0.29) is 36.9 Å². The maximum Gasteiger partial charge on any atom is 0.336 e. The van der Waals surface area contributed by atoms with Crippen molar-refractivity contribution in [3.05, 3.63) is 114 Å². The van der Waals surface area contributed by atoms with Gasteiger partial charge in [0.25, 0.3) is 0 Å². The van der Waals surface area contributed by atoms with E-state index < -0.39 is 17.1 Å². The third-order valence-electron chi connectivity index (χ3n) is 7.27. The molecule has 1 heterocycles. The number of benzene rings is 3. The van der Waals surface area contributed by atoms with Crippen LogP contribution in [0.4, 0.5) is 0 Å². The molecule has 11 heteroatoms. The number of nitrogens with zero attached hydrogens (tertiary/aromatic N) is 3. The van der Waals surface area contributed by atoms with E-state index in [1.54, 1.807) is 57.2 Å². The van der Waals surface area contributed by atoms with Crippen molar-refractivity contribution in [2.75, 3.05) is 0 Å². The summed E-state index contributed by atoms with van der Waals surface area (Å²) in [6.45, 7) is 7.03. The maximum atomic E-state index is 13.8. The first kappa shape index (κ1) is 31.9. The monoisotopic (exact) mass is 797 g/mol. The lowest BCUT2D eigenvalue weighted by Crippen LogP contribution is -2.54. The number of unbranched alkanes of at least 4 members (excludes halogenated alkanes) is 1. The van der Waals surface area contributed by atoms with Gasteiger partial charge in [0.1, 0.15) is 17.2 Å². The second kappa shape index (κ2) is 13.1. The quantitative estimate of drug-likeness (QED) is 0.207. The highest BCUT2D eigenvalue weighted by atomic mass is 127. The Balaban J connectivity index is 1.91. The highest BCUT2D eigenvalue weighted by Gasteiger charge is 2.19. The number of aryl methyl sites for hydroxylation is 4. The number of phenolic OH excluding ortho intramolecular Hbond substituents is 3. The molecule has 1 aromatic heterocycles. The number of halogens is 2. The van der Waals surface area contributed by atoms with Crippen LogP contribution in [0.2, 0.25) is 0 Å². The summed E-state index contributed by atoms with van der Waals surface area (Å²) in [5, 5.41) is 31.0. The number of aromatic nitrogens is 3. The lowest BCUT2D eigenvalue weighted by atomic mass is 10.0. The molecule has 42 heavy (non-hydrogen) atoms. The minimum atomic E-state index is -0.756. The van der Waals surface area contributed by atoms with Gasteiger partial charge >= 0.3 is 17.1 Å². The van der Waals surface area contributed by atoms with Crippen molar-refractivity contribution in [3.8, 4) is 17.2 Å². The molecule has 3 aromatic carbocycles. The smallest absolute Gasteiger partial charge is 0.336 e. The number of aromatic hydroxyl groups is 3. The van der Waals surface area contributed by atoms with Crippen molar-refractivity contribution >= 4 is 45.2 Å². The third kappa shape index (κ3) is 6.61. The molecule has 4 rings (SSSR count). The summed E-state index contributed by atoms with van der Waals surface area (Å²) in [5.74, 6) is 0.470. The second-order valence-electron chi connectivity index (χ2n) is 10.6. The Morgan fingerprint density at radius 1 is 0.595 bits per heavy atom. The van der Waals surface area contributed by atoms with E-state index >= 15 is 0 Å². The van der Waals surface area contributed by atoms with Gasteiger partial charge in [-0.2, -0.15) is 0 Å². The van der Waals surface area contributed by atoms with Crippen LogP contribution in [0.3, 0.4) is 0 Å². The molecule has 9 nitrogen and oxygen atoms in total. The van der Waals surface area contributed by atoms with E-state index in [1.165, 1.54) is 0 Å². The fourth-order valence-electron chi connectivity index (χ4n) is 5.02. The molecule has 222 valence electrons. The minimum Gasteiger partial charge on any atom is -0.507 e. The fourth-order valence-corrected chi connectivity index (χ4v) is 6.67. The van der Waals surface area contributed by atoms with Crippen LogP contribution in [-0.4, -0.2) is 29.0 Å². The summed E-state index contributed by atoms with van der Waals surface area (Å²) >= 11 is 3.99. The number of hydrogen-bond donors (Lipinski definition) is 3. The summed E-state index contributed by atoms with van der Waals surface area (Å²) in [4.78, 5) is 41.3. The minimum absolute atomic E-state index is 0.0868. The Labute approximate surface area is 270 Å². The van der Waals surface area contributed by atoms with Gasteiger partial charge in [-0.25, -0.2) is 28.1 Å². The largest absolute Gasteiger partial charge is 0.507 e. The van der Waals surface area contributed by atoms with E-state index in [1.807, 2.05) is 45.2 Å². The Hall–Kier alpha value is -3.07. The lowest BCUT2D eigenvalue weighted by molar-refractivity contribution is 0.461. The first-order valence-corrected chi connectivity index (χ1v) is 15.7. The highest BCUT2D eigenvalue weighted by molar-refractivity contribution is 14.1. The van der Waals surface area contributed by atoms with Gasteiger partial charge in [-0.05, 0) is 130 Å². The fraction of sp³-hybridized carbons (Fsp3) is 0.323. The molecule has 3 N–H and O–H groups in total. The average Bonchev–Trinajstić information content (AvgIpc) is 2.94. The maximum absolute atomic E-state index is 13.8. The van der Waals surface area contributed by atoms with Crippen molar-refractivity contribution in [3.63, 3.8) is 0 Å². The molecule has 0 bridgehead atoms. The second-order valence-corrected chi connectivity index (χ2v) is 12.9. The predicted octanol–water partition coefficient (Wildman–Crippen LogP) is 4.91. The van der Waals surface area contributed by atoms with E-state index in [9.17, 15) is 29.7 Å². The van der Waals surface area contributed by atoms with Gasteiger partial charge in [0, 0.05) is 0 Å². The first-order chi connectivity index (χ1) is 19.8. The average molecular weight is 797 g/mol. The van der Waals surface area contributed by atoms with Gasteiger partial charge in [-0.1, -0.05) is 37.6 Å². The molecule has 0 amide bonds. The van der Waals surface area contributed by atoms with Crippen molar-refractivity contribution in [2.24, 2.45) is 0 Å². The molecule has 0 spiro atoms. The van der Waals surface area contributed by atoms with E-state index in [0.29, 0.717) is 46.9 Å². The predicted molar refractivity (Wildman–Crippen MR) is 179 cm³/mol. The van der Waals surface area contributed by atoms with Crippen LogP contribution >= 0.6 is 45.2 Å². The Bertz CT molecular complexity index is 1710. The standard InChI is InChI=1S/C31H33I2N3O6/c1-5-6-7-23-11-20(8-17(2)26(23)37)14-34-29(40)35(15-21-9-18(3)27(38)24(32)12-21)31(42)36(30(34)41)16-22-10-19(4)28(39)25(33)13-22/h8-13,37-39H,5-7,14-16H2,1-4H3. The highest BCUT2D eigenvalue weighted by Crippen LogP contribution is 2.27. The zero-order valence-electron chi connectivity index (χ0n) is 23.9. The molecule has 0 atom stereocenters. The third-order valence-corrected chi connectivity index (χ3v) is 8.92. The van der Waals surface area contributed by atoms with Gasteiger partial charge in [0.05, 0.1) is 26.8 Å². The molecule has 0 aliphatic heterocycles. The lowest BCUT2D eigenvalue weighted by Gasteiger charge is -2.17. The molecule has 0 aliphatic carbocycles. The zero-order valence-corrected chi connectivity index (χ0v) is 28.2. The molecule has 0 saturated heterocycles. The number of phenols is 3. The summed E-state index contributed by atoms with van der Waals surface area (Å²) in [7, 11) is 0. The van der Waals surface area contributed by atoms with Gasteiger partial charge in [0.2, 0.25) is 0 Å². The Kier molecular flexibility index (Phi) is 9.91. The molecule has 0 radical (unpaired) electrons. The summed E-state index contributed by atoms with van der Waals surface area (Å²) in [5.41, 5.74) is 2.26. The van der Waals surface area contributed by atoms with Gasteiger partial charge < -0.3 is 15.3 Å². The Morgan fingerprint density at radius 2 is 0.952 bits per heavy atom. The van der Waals surface area contributed by atoms with Crippen molar-refractivity contribution < 1.29 is 15.3 Å². The molecular weight excluding hydrogens is 764 g/mol.